The molecule has 3 rings (SSSR count). The molecule has 0 aliphatic rings. The SMILES string of the molecule is Cc1nc(-c2ccc(Cl)cc2)c(-c2ccc(S(N)(=O)=O)cc2)o1. The maximum atomic E-state index is 11.3. The van der Waals surface area contributed by atoms with E-state index in [2.05, 4.69) is 4.98 Å². The first-order chi connectivity index (χ1) is 10.8. The van der Waals surface area contributed by atoms with Crippen molar-refractivity contribution in [2.45, 2.75) is 11.8 Å². The monoisotopic (exact) mass is 348 g/mol. The molecule has 0 amide bonds. The lowest BCUT2D eigenvalue weighted by molar-refractivity contribution is 0.534. The first-order valence-corrected chi connectivity index (χ1v) is 8.63. The standard InChI is InChI=1S/C16H13ClN2O3S/c1-10-19-15(11-2-6-13(17)7-3-11)16(22-10)12-4-8-14(9-5-12)23(18,20)21/h2-9H,1H3,(H2,18,20,21). The zero-order valence-corrected chi connectivity index (χ0v) is 13.7. The van der Waals surface area contributed by atoms with Crippen molar-refractivity contribution in [3.63, 3.8) is 0 Å². The van der Waals surface area contributed by atoms with Crippen LogP contribution in [0.5, 0.6) is 0 Å². The average Bonchev–Trinajstić information content (AvgIpc) is 2.89. The molecule has 0 saturated heterocycles. The van der Waals surface area contributed by atoms with Crippen LogP contribution in [-0.2, 0) is 10.0 Å². The fourth-order valence-electron chi connectivity index (χ4n) is 2.22. The summed E-state index contributed by atoms with van der Waals surface area (Å²) in [5.41, 5.74) is 2.24. The number of sulfonamides is 1. The zero-order valence-electron chi connectivity index (χ0n) is 12.2. The Hall–Kier alpha value is -2.15. The van der Waals surface area contributed by atoms with E-state index in [9.17, 15) is 8.42 Å². The van der Waals surface area contributed by atoms with Crippen LogP contribution in [0.4, 0.5) is 0 Å². The molecule has 0 spiro atoms. The van der Waals surface area contributed by atoms with Crippen LogP contribution in [0.1, 0.15) is 5.89 Å². The van der Waals surface area contributed by atoms with Gasteiger partial charge in [0.2, 0.25) is 10.0 Å². The van der Waals surface area contributed by atoms with Crippen LogP contribution in [0.3, 0.4) is 0 Å². The molecule has 118 valence electrons. The summed E-state index contributed by atoms with van der Waals surface area (Å²) < 4.78 is 28.4. The number of aryl methyl sites for hydroxylation is 1. The molecule has 23 heavy (non-hydrogen) atoms. The molecule has 0 saturated carbocycles. The van der Waals surface area contributed by atoms with Gasteiger partial charge in [0.05, 0.1) is 4.90 Å². The van der Waals surface area contributed by atoms with Crippen molar-refractivity contribution in [3.05, 3.63) is 59.4 Å². The second-order valence-corrected chi connectivity index (χ2v) is 6.98. The van der Waals surface area contributed by atoms with E-state index in [-0.39, 0.29) is 4.90 Å². The molecule has 2 aromatic carbocycles. The van der Waals surface area contributed by atoms with Crippen LogP contribution in [-0.4, -0.2) is 13.4 Å². The van der Waals surface area contributed by atoms with Gasteiger partial charge in [-0.1, -0.05) is 23.7 Å². The van der Waals surface area contributed by atoms with Gasteiger partial charge in [0, 0.05) is 23.1 Å². The van der Waals surface area contributed by atoms with Crippen molar-refractivity contribution in [2.24, 2.45) is 5.14 Å². The Balaban J connectivity index is 2.09. The Morgan fingerprint density at radius 2 is 1.57 bits per heavy atom. The van der Waals surface area contributed by atoms with Crippen LogP contribution in [0.25, 0.3) is 22.6 Å². The van der Waals surface area contributed by atoms with Crippen molar-refractivity contribution in [1.29, 1.82) is 0 Å². The molecule has 0 bridgehead atoms. The van der Waals surface area contributed by atoms with Crippen molar-refractivity contribution >= 4 is 21.6 Å². The fourth-order valence-corrected chi connectivity index (χ4v) is 2.86. The van der Waals surface area contributed by atoms with E-state index < -0.39 is 10.0 Å². The third-order valence-electron chi connectivity index (χ3n) is 3.30. The van der Waals surface area contributed by atoms with Gasteiger partial charge in [-0.05, 0) is 36.4 Å². The number of halogens is 1. The summed E-state index contributed by atoms with van der Waals surface area (Å²) in [6.45, 7) is 1.75. The van der Waals surface area contributed by atoms with Gasteiger partial charge in [0.1, 0.15) is 5.69 Å². The smallest absolute Gasteiger partial charge is 0.238 e. The van der Waals surface area contributed by atoms with E-state index in [1.807, 2.05) is 12.1 Å². The number of nitrogens with zero attached hydrogens (tertiary/aromatic N) is 1. The highest BCUT2D eigenvalue weighted by Gasteiger charge is 2.16. The Morgan fingerprint density at radius 1 is 1.00 bits per heavy atom. The van der Waals surface area contributed by atoms with Gasteiger partial charge in [0.25, 0.3) is 0 Å². The van der Waals surface area contributed by atoms with Gasteiger partial charge in [-0.25, -0.2) is 18.5 Å². The van der Waals surface area contributed by atoms with Crippen LogP contribution in [0.2, 0.25) is 5.02 Å². The van der Waals surface area contributed by atoms with Crippen molar-refractivity contribution in [1.82, 2.24) is 4.98 Å². The number of hydrogen-bond donors (Lipinski definition) is 1. The third kappa shape index (κ3) is 3.29. The molecule has 0 aliphatic carbocycles. The molecule has 2 N–H and O–H groups in total. The van der Waals surface area contributed by atoms with Crippen LogP contribution < -0.4 is 5.14 Å². The summed E-state index contributed by atoms with van der Waals surface area (Å²) >= 11 is 5.91. The van der Waals surface area contributed by atoms with Gasteiger partial charge < -0.3 is 4.42 Å². The summed E-state index contributed by atoms with van der Waals surface area (Å²) in [6, 6.07) is 13.4. The highest BCUT2D eigenvalue weighted by molar-refractivity contribution is 7.89. The van der Waals surface area contributed by atoms with Crippen LogP contribution in [0, 0.1) is 6.92 Å². The Morgan fingerprint density at radius 3 is 2.13 bits per heavy atom. The van der Waals surface area contributed by atoms with Crippen molar-refractivity contribution in [3.8, 4) is 22.6 Å². The Labute approximate surface area is 138 Å². The number of rotatable bonds is 3. The Bertz CT molecular complexity index is 946. The summed E-state index contributed by atoms with van der Waals surface area (Å²) in [5.74, 6) is 1.08. The molecule has 7 heteroatoms. The summed E-state index contributed by atoms with van der Waals surface area (Å²) in [6.07, 6.45) is 0. The lowest BCUT2D eigenvalue weighted by Gasteiger charge is -2.03. The zero-order chi connectivity index (χ0) is 16.6. The topological polar surface area (TPSA) is 86.2 Å². The van der Waals surface area contributed by atoms with Gasteiger partial charge in [-0.3, -0.25) is 0 Å². The predicted molar refractivity (Wildman–Crippen MR) is 88.5 cm³/mol. The summed E-state index contributed by atoms with van der Waals surface area (Å²) in [5, 5.41) is 5.74. The van der Waals surface area contributed by atoms with Crippen molar-refractivity contribution in [2.75, 3.05) is 0 Å². The minimum absolute atomic E-state index is 0.0468. The number of oxazole rings is 1. The lowest BCUT2D eigenvalue weighted by atomic mass is 10.1. The van der Waals surface area contributed by atoms with E-state index in [1.165, 1.54) is 12.1 Å². The fraction of sp³-hybridized carbons (Fsp3) is 0.0625. The van der Waals surface area contributed by atoms with Gasteiger partial charge in [0.15, 0.2) is 11.7 Å². The second-order valence-electron chi connectivity index (χ2n) is 4.99. The minimum Gasteiger partial charge on any atom is -0.440 e. The molecule has 3 aromatic rings. The highest BCUT2D eigenvalue weighted by atomic mass is 35.5. The molecular formula is C16H13ClN2O3S. The van der Waals surface area contributed by atoms with E-state index in [4.69, 9.17) is 21.2 Å². The normalized spacial score (nSPS) is 11.6. The highest BCUT2D eigenvalue weighted by Crippen LogP contribution is 2.33. The molecule has 0 fully saturated rings. The van der Waals surface area contributed by atoms with E-state index in [0.717, 1.165) is 5.56 Å². The first kappa shape index (κ1) is 15.7. The lowest BCUT2D eigenvalue weighted by Crippen LogP contribution is -2.11. The van der Waals surface area contributed by atoms with E-state index >= 15 is 0 Å². The second kappa shape index (κ2) is 5.81. The third-order valence-corrected chi connectivity index (χ3v) is 4.48. The number of aromatic nitrogens is 1. The predicted octanol–water partition coefficient (Wildman–Crippen LogP) is 3.62. The number of benzene rings is 2. The quantitative estimate of drug-likeness (QED) is 0.783. The van der Waals surface area contributed by atoms with Crippen molar-refractivity contribution < 1.29 is 12.8 Å². The van der Waals surface area contributed by atoms with Crippen LogP contribution in [0.15, 0.2) is 57.8 Å². The van der Waals surface area contributed by atoms with Gasteiger partial charge >= 0.3 is 0 Å². The number of primary sulfonamides is 1. The maximum absolute atomic E-state index is 11.3. The largest absolute Gasteiger partial charge is 0.440 e. The molecule has 1 heterocycles. The molecule has 1 aromatic heterocycles. The summed E-state index contributed by atoms with van der Waals surface area (Å²) in [7, 11) is -3.72. The van der Waals surface area contributed by atoms with E-state index in [1.54, 1.807) is 31.2 Å². The maximum Gasteiger partial charge on any atom is 0.238 e. The van der Waals surface area contributed by atoms with Crippen LogP contribution >= 0.6 is 11.6 Å². The average molecular weight is 349 g/mol. The molecule has 0 aliphatic heterocycles. The molecule has 0 radical (unpaired) electrons. The Kier molecular flexibility index (Phi) is 3.97. The first-order valence-electron chi connectivity index (χ1n) is 6.71. The van der Waals surface area contributed by atoms with Gasteiger partial charge in [-0.15, -0.1) is 0 Å². The molecule has 0 unspecified atom stereocenters. The number of nitrogens with two attached hydrogens (primary N) is 1. The van der Waals surface area contributed by atoms with Gasteiger partial charge in [-0.2, -0.15) is 0 Å². The molecular weight excluding hydrogens is 336 g/mol. The van der Waals surface area contributed by atoms with E-state index in [0.29, 0.717) is 27.9 Å². The molecule has 5 nitrogen and oxygen atoms in total. The molecule has 0 atom stereocenters. The summed E-state index contributed by atoms with van der Waals surface area (Å²) in [4.78, 5) is 4.45. The number of hydrogen-bond acceptors (Lipinski definition) is 4. The minimum atomic E-state index is -3.72.